The lowest BCUT2D eigenvalue weighted by Gasteiger charge is -2.35. The van der Waals surface area contributed by atoms with Gasteiger partial charge in [0, 0.05) is 79.6 Å². The van der Waals surface area contributed by atoms with Crippen LogP contribution in [0, 0.1) is 20.8 Å². The topological polar surface area (TPSA) is 215 Å². The van der Waals surface area contributed by atoms with Gasteiger partial charge in [-0.05, 0) is 57.0 Å². The minimum atomic E-state index is -1.11. The zero-order valence-electron chi connectivity index (χ0n) is 37.4. The second-order valence-corrected chi connectivity index (χ2v) is 18.9. The smallest absolute Gasteiger partial charge is 0.266 e. The summed E-state index contributed by atoms with van der Waals surface area (Å²) in [7, 11) is 0. The fraction of sp³-hybridized carbons (Fsp3) is 0.383. The van der Waals surface area contributed by atoms with E-state index >= 15 is 0 Å². The largest absolute Gasteiger partial charge is 0.487 e. The molecule has 3 saturated heterocycles. The molecule has 0 bridgehead atoms. The fourth-order valence-electron chi connectivity index (χ4n) is 9.37. The number of imide groups is 2. The van der Waals surface area contributed by atoms with Crippen LogP contribution in [0.5, 0.6) is 11.5 Å². The average Bonchev–Trinajstić information content (AvgIpc) is 3.92. The number of likely N-dealkylation sites (tertiary alicyclic amines) is 1. The van der Waals surface area contributed by atoms with Crippen LogP contribution in [0.1, 0.15) is 92.1 Å². The second-order valence-electron chi connectivity index (χ2n) is 17.3. The Kier molecular flexibility index (Phi) is 12.0. The number of nitrogens with zero attached hydrogens (tertiary/aromatic N) is 10. The predicted octanol–water partition coefficient (Wildman–Crippen LogP) is 4.18. The summed E-state index contributed by atoms with van der Waals surface area (Å²) in [6, 6.07) is 10.5. The van der Waals surface area contributed by atoms with Gasteiger partial charge in [0.1, 0.15) is 34.8 Å². The summed E-state index contributed by atoms with van der Waals surface area (Å²) < 4.78 is 14.1. The standard InChI is InChI=1S/C47H46ClN11O8S/c1-25-26(2)68-46-39(25)41(28-7-9-29(48)10-8-28)51-33(42-54-53-27(3)58(42)46)21-37(61)56-17-19-57(20-18-56)47-49-22-31(23-50-47)67-30-13-15-55(16-14-30)38(62)24-66-35-6-4-5-32-40(35)45(65)59(44(32)64)34-11-12-36(60)52-43(34)63/h4-10,22-23,30,33-34H,11-21,24H2,1-3H3,(H,52,60,63)/t33-,34?/m0/s1. The van der Waals surface area contributed by atoms with E-state index in [-0.39, 0.29) is 60.7 Å². The number of piperazine rings is 1. The highest BCUT2D eigenvalue weighted by Gasteiger charge is 2.46. The quantitative estimate of drug-likeness (QED) is 0.195. The Morgan fingerprint density at radius 2 is 1.56 bits per heavy atom. The van der Waals surface area contributed by atoms with E-state index in [1.807, 2.05) is 45.6 Å². The van der Waals surface area contributed by atoms with Crippen LogP contribution in [0.2, 0.25) is 5.02 Å². The Morgan fingerprint density at radius 3 is 2.28 bits per heavy atom. The van der Waals surface area contributed by atoms with Crippen LogP contribution in [-0.4, -0.2) is 139 Å². The highest BCUT2D eigenvalue weighted by Crippen LogP contribution is 2.40. The zero-order chi connectivity index (χ0) is 47.4. The molecule has 0 saturated carbocycles. The van der Waals surface area contributed by atoms with E-state index in [1.54, 1.807) is 34.7 Å². The van der Waals surface area contributed by atoms with Gasteiger partial charge in [-0.1, -0.05) is 29.8 Å². The zero-order valence-corrected chi connectivity index (χ0v) is 39.0. The summed E-state index contributed by atoms with van der Waals surface area (Å²) in [5.74, 6) is -0.385. The molecule has 3 aromatic heterocycles. The van der Waals surface area contributed by atoms with Crippen molar-refractivity contribution in [3.05, 3.63) is 104 Å². The van der Waals surface area contributed by atoms with Gasteiger partial charge < -0.3 is 24.2 Å². The van der Waals surface area contributed by atoms with E-state index in [9.17, 15) is 28.8 Å². The third-order valence-electron chi connectivity index (χ3n) is 13.1. The first-order valence-electron chi connectivity index (χ1n) is 22.5. The number of carbonyl (C=O) groups is 6. The van der Waals surface area contributed by atoms with Crippen molar-refractivity contribution in [3.8, 4) is 16.5 Å². The van der Waals surface area contributed by atoms with E-state index < -0.39 is 35.7 Å². The van der Waals surface area contributed by atoms with Crippen molar-refractivity contribution in [2.24, 2.45) is 4.99 Å². The van der Waals surface area contributed by atoms with Crippen molar-refractivity contribution < 1.29 is 38.2 Å². The van der Waals surface area contributed by atoms with Crippen molar-refractivity contribution in [1.82, 2.24) is 44.7 Å². The van der Waals surface area contributed by atoms with Crippen LogP contribution in [0.25, 0.3) is 5.00 Å². The molecule has 350 valence electrons. The number of rotatable bonds is 10. The molecule has 68 heavy (non-hydrogen) atoms. The number of benzene rings is 2. The lowest BCUT2D eigenvalue weighted by atomic mass is 9.99. The maximum Gasteiger partial charge on any atom is 0.266 e. The molecular formula is C47H46ClN11O8S. The Balaban J connectivity index is 0.708. The number of aryl methyl sites for hydroxylation is 2. The molecule has 0 spiro atoms. The van der Waals surface area contributed by atoms with Crippen molar-refractivity contribution in [3.63, 3.8) is 0 Å². The van der Waals surface area contributed by atoms with Crippen LogP contribution >= 0.6 is 22.9 Å². The number of aromatic nitrogens is 5. The first-order valence-corrected chi connectivity index (χ1v) is 23.6. The third-order valence-corrected chi connectivity index (χ3v) is 14.6. The van der Waals surface area contributed by atoms with E-state index in [2.05, 4.69) is 39.3 Å². The van der Waals surface area contributed by atoms with Crippen molar-refractivity contribution in [2.75, 3.05) is 50.8 Å². The Morgan fingerprint density at radius 1 is 0.838 bits per heavy atom. The average molecular weight is 960 g/mol. The molecule has 0 radical (unpaired) electrons. The summed E-state index contributed by atoms with van der Waals surface area (Å²) in [6.07, 6.45) is 4.37. The van der Waals surface area contributed by atoms with E-state index in [4.69, 9.17) is 26.1 Å². The number of fused-ring (bicyclic) bond motifs is 4. The highest BCUT2D eigenvalue weighted by molar-refractivity contribution is 7.15. The number of thiophene rings is 1. The summed E-state index contributed by atoms with van der Waals surface area (Å²) in [4.78, 5) is 100. The SMILES string of the molecule is Cc1sc2c(c1C)C(c1ccc(Cl)cc1)=N[C@@H](CC(=O)N1CCN(c3ncc(OC4CCN(C(=O)COc5cccc6c5C(=O)N(C5CCC(=O)NC5=O)C6=O)CC4)cn3)CC1)c1nnc(C)n1-2. The number of ether oxygens (including phenoxy) is 2. The first kappa shape index (κ1) is 44.8. The molecule has 21 heteroatoms. The molecule has 5 aliphatic heterocycles. The molecule has 8 heterocycles. The van der Waals surface area contributed by atoms with Crippen LogP contribution in [0.4, 0.5) is 5.95 Å². The molecule has 5 aliphatic rings. The van der Waals surface area contributed by atoms with Gasteiger partial charge >= 0.3 is 0 Å². The minimum Gasteiger partial charge on any atom is -0.487 e. The van der Waals surface area contributed by atoms with E-state index in [1.165, 1.54) is 17.0 Å². The monoisotopic (exact) mass is 959 g/mol. The minimum absolute atomic E-state index is 0.00554. The van der Waals surface area contributed by atoms with Crippen LogP contribution in [-0.2, 0) is 19.2 Å². The van der Waals surface area contributed by atoms with Crippen LogP contribution in [0.15, 0.2) is 59.9 Å². The maximum atomic E-state index is 14.0. The molecule has 3 fully saturated rings. The number of hydrogen-bond donors (Lipinski definition) is 1. The van der Waals surface area contributed by atoms with Crippen LogP contribution < -0.4 is 19.7 Å². The summed E-state index contributed by atoms with van der Waals surface area (Å²) in [5, 5.41) is 12.8. The molecule has 1 unspecified atom stereocenters. The third kappa shape index (κ3) is 8.35. The predicted molar refractivity (Wildman–Crippen MR) is 248 cm³/mol. The van der Waals surface area contributed by atoms with Crippen molar-refractivity contribution in [1.29, 1.82) is 0 Å². The molecular weight excluding hydrogens is 914 g/mol. The molecule has 6 amide bonds. The number of anilines is 1. The Hall–Kier alpha value is -7.06. The first-order chi connectivity index (χ1) is 32.8. The molecule has 0 aliphatic carbocycles. The van der Waals surface area contributed by atoms with E-state index in [0.29, 0.717) is 74.7 Å². The molecule has 2 aromatic carbocycles. The number of hydrogen-bond acceptors (Lipinski definition) is 15. The Labute approximate surface area is 399 Å². The molecule has 19 nitrogen and oxygen atoms in total. The van der Waals surface area contributed by atoms with Gasteiger partial charge in [-0.15, -0.1) is 21.5 Å². The number of amides is 6. The number of halogens is 1. The lowest BCUT2D eigenvalue weighted by Crippen LogP contribution is -2.54. The number of carbonyl (C=O) groups excluding carboxylic acids is 6. The normalized spacial score (nSPS) is 19.6. The van der Waals surface area contributed by atoms with Gasteiger partial charge in [-0.2, -0.15) is 0 Å². The van der Waals surface area contributed by atoms with E-state index in [0.717, 1.165) is 38.1 Å². The maximum absolute atomic E-state index is 14.0. The summed E-state index contributed by atoms with van der Waals surface area (Å²) in [5.41, 5.74) is 3.91. The molecule has 1 N–H and O–H groups in total. The number of piperidine rings is 2. The number of aliphatic imine (C=N–C) groups is 1. The van der Waals surface area contributed by atoms with Gasteiger partial charge in [-0.25, -0.2) is 9.97 Å². The van der Waals surface area contributed by atoms with Gasteiger partial charge in [0.05, 0.1) is 35.7 Å². The summed E-state index contributed by atoms with van der Waals surface area (Å²) in [6.45, 7) is 8.62. The van der Waals surface area contributed by atoms with Crippen LogP contribution in [0.3, 0.4) is 0 Å². The number of nitrogens with one attached hydrogen (secondary N) is 1. The van der Waals surface area contributed by atoms with Gasteiger partial charge in [0.2, 0.25) is 23.7 Å². The lowest BCUT2D eigenvalue weighted by molar-refractivity contribution is -0.136. The fourth-order valence-corrected chi connectivity index (χ4v) is 10.7. The summed E-state index contributed by atoms with van der Waals surface area (Å²) >= 11 is 7.94. The molecule has 2 atom stereocenters. The van der Waals surface area contributed by atoms with Gasteiger partial charge in [-0.3, -0.25) is 48.5 Å². The van der Waals surface area contributed by atoms with Gasteiger partial charge in [0.15, 0.2) is 18.2 Å². The second kappa shape index (κ2) is 18.2. The molecule has 5 aromatic rings. The molecule has 10 rings (SSSR count). The Bertz CT molecular complexity index is 2900. The van der Waals surface area contributed by atoms with Crippen molar-refractivity contribution >= 4 is 70.0 Å². The highest BCUT2D eigenvalue weighted by atomic mass is 35.5. The van der Waals surface area contributed by atoms with Crippen molar-refractivity contribution in [2.45, 2.75) is 71.1 Å². The van der Waals surface area contributed by atoms with Gasteiger partial charge in [0.25, 0.3) is 17.7 Å².